The summed E-state index contributed by atoms with van der Waals surface area (Å²) in [6, 6.07) is -0.950. The van der Waals surface area contributed by atoms with Crippen molar-refractivity contribution in [2.24, 2.45) is 5.92 Å². The normalized spacial score (nSPS) is 19.9. The highest BCUT2D eigenvalue weighted by Gasteiger charge is 2.37. The van der Waals surface area contributed by atoms with E-state index in [0.717, 1.165) is 6.42 Å². The number of likely N-dealkylation sites (N-methyl/N-ethyl adjacent to an activating group) is 1. The maximum atomic E-state index is 12.6. The first-order valence-corrected chi connectivity index (χ1v) is 7.16. The highest BCUT2D eigenvalue weighted by molar-refractivity contribution is 5.92. The maximum Gasteiger partial charge on any atom is 0.245 e. The van der Waals surface area contributed by atoms with Gasteiger partial charge in [0.1, 0.15) is 12.1 Å². The van der Waals surface area contributed by atoms with Crippen LogP contribution in [0.5, 0.6) is 0 Å². The van der Waals surface area contributed by atoms with Gasteiger partial charge in [0, 0.05) is 20.5 Å². The molecule has 1 aliphatic heterocycles. The summed E-state index contributed by atoms with van der Waals surface area (Å²) < 4.78 is 0. The molecule has 20 heavy (non-hydrogen) atoms. The van der Waals surface area contributed by atoms with E-state index < -0.39 is 12.1 Å². The minimum absolute atomic E-state index is 0.137. The fourth-order valence-corrected chi connectivity index (χ4v) is 2.61. The average Bonchev–Trinajstić information content (AvgIpc) is 2.84. The van der Waals surface area contributed by atoms with E-state index in [1.807, 2.05) is 13.8 Å². The van der Waals surface area contributed by atoms with Crippen molar-refractivity contribution in [3.63, 3.8) is 0 Å². The van der Waals surface area contributed by atoms with E-state index in [1.54, 1.807) is 11.9 Å². The Balaban J connectivity index is 2.81. The Bertz CT molecular complexity index is 382. The van der Waals surface area contributed by atoms with Crippen LogP contribution in [0.25, 0.3) is 0 Å². The van der Waals surface area contributed by atoms with Crippen molar-refractivity contribution in [1.82, 2.24) is 15.5 Å². The van der Waals surface area contributed by atoms with E-state index in [1.165, 1.54) is 6.92 Å². The van der Waals surface area contributed by atoms with Crippen molar-refractivity contribution in [3.8, 4) is 0 Å². The lowest BCUT2D eigenvalue weighted by atomic mass is 10.0. The van der Waals surface area contributed by atoms with Gasteiger partial charge in [-0.25, -0.2) is 0 Å². The predicted molar refractivity (Wildman–Crippen MR) is 75.9 cm³/mol. The Kier molecular flexibility index (Phi) is 5.98. The van der Waals surface area contributed by atoms with E-state index in [9.17, 15) is 14.4 Å². The standard InChI is InChI=1S/C14H25N3O3/c1-9(2)8-11(16-10(3)18)14(20)17-7-5-6-12(17)13(19)15-4/h9,11-12H,5-8H2,1-4H3,(H,15,19)(H,16,18)/t11-,12-/m0/s1. The minimum atomic E-state index is -0.544. The van der Waals surface area contributed by atoms with E-state index >= 15 is 0 Å². The zero-order valence-electron chi connectivity index (χ0n) is 12.7. The van der Waals surface area contributed by atoms with Gasteiger partial charge >= 0.3 is 0 Å². The predicted octanol–water partition coefficient (Wildman–Crippen LogP) is 0.274. The molecule has 0 unspecified atom stereocenters. The smallest absolute Gasteiger partial charge is 0.245 e. The fraction of sp³-hybridized carbons (Fsp3) is 0.786. The van der Waals surface area contributed by atoms with E-state index in [-0.39, 0.29) is 23.6 Å². The molecule has 1 aliphatic rings. The zero-order chi connectivity index (χ0) is 15.3. The first kappa shape index (κ1) is 16.5. The van der Waals surface area contributed by atoms with Crippen LogP contribution in [0.1, 0.15) is 40.0 Å². The van der Waals surface area contributed by atoms with Gasteiger partial charge in [-0.1, -0.05) is 13.8 Å². The lowest BCUT2D eigenvalue weighted by Crippen LogP contribution is -2.53. The highest BCUT2D eigenvalue weighted by atomic mass is 16.2. The first-order chi connectivity index (χ1) is 9.36. The van der Waals surface area contributed by atoms with E-state index in [4.69, 9.17) is 0 Å². The number of rotatable bonds is 5. The van der Waals surface area contributed by atoms with Gasteiger partial charge in [-0.05, 0) is 25.2 Å². The van der Waals surface area contributed by atoms with Gasteiger partial charge in [-0.15, -0.1) is 0 Å². The van der Waals surface area contributed by atoms with Crippen LogP contribution in [0, 0.1) is 5.92 Å². The lowest BCUT2D eigenvalue weighted by molar-refractivity contribution is -0.141. The van der Waals surface area contributed by atoms with Gasteiger partial charge in [-0.2, -0.15) is 0 Å². The second-order valence-electron chi connectivity index (χ2n) is 5.69. The fourth-order valence-electron chi connectivity index (χ4n) is 2.61. The van der Waals surface area contributed by atoms with Crippen LogP contribution in [0.4, 0.5) is 0 Å². The number of likely N-dealkylation sites (tertiary alicyclic amines) is 1. The third-order valence-corrected chi connectivity index (χ3v) is 3.47. The second-order valence-corrected chi connectivity index (χ2v) is 5.69. The van der Waals surface area contributed by atoms with Gasteiger partial charge in [-0.3, -0.25) is 14.4 Å². The molecule has 0 saturated carbocycles. The molecule has 6 heteroatoms. The van der Waals surface area contributed by atoms with Crippen molar-refractivity contribution in [1.29, 1.82) is 0 Å². The molecule has 1 heterocycles. The summed E-state index contributed by atoms with van der Waals surface area (Å²) in [4.78, 5) is 37.2. The SMILES string of the molecule is CNC(=O)[C@@H]1CCCN1C(=O)[C@H](CC(C)C)NC(C)=O. The molecule has 2 atom stereocenters. The molecule has 0 radical (unpaired) electrons. The molecule has 3 amide bonds. The molecule has 114 valence electrons. The summed E-state index contributed by atoms with van der Waals surface area (Å²) in [5.74, 6) is -0.224. The molecule has 1 rings (SSSR count). The third kappa shape index (κ3) is 4.21. The molecule has 0 aromatic carbocycles. The Morgan fingerprint density at radius 3 is 2.45 bits per heavy atom. The molecule has 0 aromatic rings. The number of hydrogen-bond acceptors (Lipinski definition) is 3. The third-order valence-electron chi connectivity index (χ3n) is 3.47. The molecular weight excluding hydrogens is 258 g/mol. The second kappa shape index (κ2) is 7.26. The average molecular weight is 283 g/mol. The summed E-state index contributed by atoms with van der Waals surface area (Å²) in [6.07, 6.45) is 2.08. The largest absolute Gasteiger partial charge is 0.357 e. The van der Waals surface area contributed by atoms with Crippen LogP contribution < -0.4 is 10.6 Å². The summed E-state index contributed by atoms with van der Waals surface area (Å²) >= 11 is 0. The van der Waals surface area contributed by atoms with Crippen molar-refractivity contribution in [2.75, 3.05) is 13.6 Å². The van der Waals surface area contributed by atoms with Crippen molar-refractivity contribution in [2.45, 2.75) is 52.1 Å². The minimum Gasteiger partial charge on any atom is -0.357 e. The van der Waals surface area contributed by atoms with Crippen LogP contribution in [-0.4, -0.2) is 48.3 Å². The van der Waals surface area contributed by atoms with Gasteiger partial charge in [0.2, 0.25) is 17.7 Å². The van der Waals surface area contributed by atoms with E-state index in [2.05, 4.69) is 10.6 Å². The molecule has 0 aliphatic carbocycles. The monoisotopic (exact) mass is 283 g/mol. The van der Waals surface area contributed by atoms with Crippen LogP contribution in [0.3, 0.4) is 0 Å². The molecule has 2 N–H and O–H groups in total. The van der Waals surface area contributed by atoms with Crippen LogP contribution in [-0.2, 0) is 14.4 Å². The number of nitrogens with one attached hydrogen (secondary N) is 2. The van der Waals surface area contributed by atoms with Gasteiger partial charge in [0.15, 0.2) is 0 Å². The number of hydrogen-bond donors (Lipinski definition) is 2. The van der Waals surface area contributed by atoms with Crippen LogP contribution in [0.15, 0.2) is 0 Å². The Hall–Kier alpha value is -1.59. The molecule has 0 bridgehead atoms. The molecule has 0 spiro atoms. The molecule has 1 fully saturated rings. The number of amides is 3. The van der Waals surface area contributed by atoms with Crippen LogP contribution >= 0.6 is 0 Å². The lowest BCUT2D eigenvalue weighted by Gasteiger charge is -2.29. The number of nitrogens with zero attached hydrogens (tertiary/aromatic N) is 1. The summed E-state index contributed by atoms with van der Waals surface area (Å²) in [5.41, 5.74) is 0. The Morgan fingerprint density at radius 1 is 1.30 bits per heavy atom. The van der Waals surface area contributed by atoms with Gasteiger partial charge in [0.05, 0.1) is 0 Å². The zero-order valence-corrected chi connectivity index (χ0v) is 12.7. The summed E-state index contributed by atoms with van der Waals surface area (Å²) in [5, 5.41) is 5.30. The Morgan fingerprint density at radius 2 is 1.95 bits per heavy atom. The first-order valence-electron chi connectivity index (χ1n) is 7.16. The maximum absolute atomic E-state index is 12.6. The number of carbonyl (C=O) groups excluding carboxylic acids is 3. The van der Waals surface area contributed by atoms with E-state index in [0.29, 0.717) is 19.4 Å². The number of carbonyl (C=O) groups is 3. The van der Waals surface area contributed by atoms with Gasteiger partial charge in [0.25, 0.3) is 0 Å². The van der Waals surface area contributed by atoms with Crippen molar-refractivity contribution in [3.05, 3.63) is 0 Å². The summed E-state index contributed by atoms with van der Waals surface area (Å²) in [7, 11) is 1.57. The van der Waals surface area contributed by atoms with Crippen molar-refractivity contribution >= 4 is 17.7 Å². The summed E-state index contributed by atoms with van der Waals surface area (Å²) in [6.45, 7) is 5.98. The molecule has 1 saturated heterocycles. The molecule has 0 aromatic heterocycles. The van der Waals surface area contributed by atoms with Gasteiger partial charge < -0.3 is 15.5 Å². The molecule has 6 nitrogen and oxygen atoms in total. The van der Waals surface area contributed by atoms with Crippen molar-refractivity contribution < 1.29 is 14.4 Å². The quantitative estimate of drug-likeness (QED) is 0.760. The molecular formula is C14H25N3O3. The van der Waals surface area contributed by atoms with Crippen LogP contribution in [0.2, 0.25) is 0 Å². The Labute approximate surface area is 120 Å². The topological polar surface area (TPSA) is 78.5 Å². The highest BCUT2D eigenvalue weighted by Crippen LogP contribution is 2.20.